The Hall–Kier alpha value is -0.940. The molecule has 0 spiro atoms. The third-order valence-corrected chi connectivity index (χ3v) is 4.05. The van der Waals surface area contributed by atoms with Crippen LogP contribution >= 0.6 is 50.7 Å². The predicted octanol–water partition coefficient (Wildman–Crippen LogP) is 5.43. The standard InChI is InChI=1S/C14H9BrCl3NO2/c15-10-5-8(16)1-4-13(10)21-7-14(20)19-9-2-3-11(17)12(18)6-9/h1-6H,7H2,(H,19,20). The molecule has 2 rings (SSSR count). The summed E-state index contributed by atoms with van der Waals surface area (Å²) in [6.07, 6.45) is 0. The number of carbonyl (C=O) groups excluding carboxylic acids is 1. The molecule has 1 amide bonds. The molecule has 0 unspecified atom stereocenters. The molecule has 0 aromatic heterocycles. The number of rotatable bonds is 4. The van der Waals surface area contributed by atoms with E-state index in [0.29, 0.717) is 31.0 Å². The van der Waals surface area contributed by atoms with E-state index >= 15 is 0 Å². The van der Waals surface area contributed by atoms with Gasteiger partial charge in [0.2, 0.25) is 0 Å². The van der Waals surface area contributed by atoms with Crippen LogP contribution in [0, 0.1) is 0 Å². The maximum absolute atomic E-state index is 11.8. The van der Waals surface area contributed by atoms with E-state index in [4.69, 9.17) is 39.5 Å². The van der Waals surface area contributed by atoms with Gasteiger partial charge in [0.1, 0.15) is 5.75 Å². The van der Waals surface area contributed by atoms with Gasteiger partial charge in [-0.15, -0.1) is 0 Å². The molecule has 21 heavy (non-hydrogen) atoms. The van der Waals surface area contributed by atoms with Gasteiger partial charge in [0.15, 0.2) is 6.61 Å². The summed E-state index contributed by atoms with van der Waals surface area (Å²) < 4.78 is 6.08. The number of hydrogen-bond acceptors (Lipinski definition) is 2. The molecular weight excluding hydrogens is 400 g/mol. The van der Waals surface area contributed by atoms with E-state index in [1.807, 2.05) is 0 Å². The quantitative estimate of drug-likeness (QED) is 0.732. The maximum atomic E-state index is 11.8. The Morgan fingerprint density at radius 3 is 2.52 bits per heavy atom. The van der Waals surface area contributed by atoms with Gasteiger partial charge in [-0.3, -0.25) is 4.79 Å². The zero-order valence-corrected chi connectivity index (χ0v) is 14.4. The smallest absolute Gasteiger partial charge is 0.262 e. The summed E-state index contributed by atoms with van der Waals surface area (Å²) in [6.45, 7) is -0.138. The molecule has 0 radical (unpaired) electrons. The number of anilines is 1. The van der Waals surface area contributed by atoms with Crippen LogP contribution < -0.4 is 10.1 Å². The lowest BCUT2D eigenvalue weighted by atomic mass is 10.3. The van der Waals surface area contributed by atoms with Crippen LogP contribution in [0.2, 0.25) is 15.1 Å². The Kier molecular flexibility index (Phi) is 5.76. The van der Waals surface area contributed by atoms with Gasteiger partial charge in [0, 0.05) is 10.7 Å². The number of nitrogens with one attached hydrogen (secondary N) is 1. The summed E-state index contributed by atoms with van der Waals surface area (Å²) in [4.78, 5) is 11.8. The average Bonchev–Trinajstić information content (AvgIpc) is 2.42. The summed E-state index contributed by atoms with van der Waals surface area (Å²) >= 11 is 20.8. The van der Waals surface area contributed by atoms with Crippen molar-refractivity contribution in [3.63, 3.8) is 0 Å². The summed E-state index contributed by atoms with van der Waals surface area (Å²) in [5.41, 5.74) is 0.549. The predicted molar refractivity (Wildman–Crippen MR) is 89.7 cm³/mol. The van der Waals surface area contributed by atoms with E-state index in [9.17, 15) is 4.79 Å². The fourth-order valence-electron chi connectivity index (χ4n) is 1.51. The van der Waals surface area contributed by atoms with Gasteiger partial charge in [0.25, 0.3) is 5.91 Å². The maximum Gasteiger partial charge on any atom is 0.262 e. The third kappa shape index (κ3) is 4.78. The van der Waals surface area contributed by atoms with Crippen LogP contribution in [0.3, 0.4) is 0 Å². The third-order valence-electron chi connectivity index (χ3n) is 2.46. The molecule has 0 fully saturated rings. The highest BCUT2D eigenvalue weighted by molar-refractivity contribution is 9.10. The molecule has 0 aliphatic rings. The Bertz CT molecular complexity index is 679. The van der Waals surface area contributed by atoms with Crippen LogP contribution in [0.25, 0.3) is 0 Å². The fraction of sp³-hybridized carbons (Fsp3) is 0.0714. The van der Waals surface area contributed by atoms with Gasteiger partial charge in [-0.05, 0) is 52.3 Å². The minimum atomic E-state index is -0.310. The number of hydrogen-bond donors (Lipinski definition) is 1. The highest BCUT2D eigenvalue weighted by atomic mass is 79.9. The monoisotopic (exact) mass is 407 g/mol. The van der Waals surface area contributed by atoms with E-state index in [1.54, 1.807) is 36.4 Å². The summed E-state index contributed by atoms with van der Waals surface area (Å²) in [5.74, 6) is 0.221. The van der Waals surface area contributed by atoms with Crippen molar-refractivity contribution in [3.8, 4) is 5.75 Å². The van der Waals surface area contributed by atoms with Crippen LogP contribution in [0.1, 0.15) is 0 Å². The van der Waals surface area contributed by atoms with Crippen molar-refractivity contribution in [2.45, 2.75) is 0 Å². The van der Waals surface area contributed by atoms with Crippen LogP contribution in [-0.4, -0.2) is 12.5 Å². The SMILES string of the molecule is O=C(COc1ccc(Cl)cc1Br)Nc1ccc(Cl)c(Cl)c1. The van der Waals surface area contributed by atoms with E-state index in [-0.39, 0.29) is 12.5 Å². The van der Waals surface area contributed by atoms with Crippen molar-refractivity contribution in [2.75, 3.05) is 11.9 Å². The second-order valence-electron chi connectivity index (χ2n) is 4.04. The van der Waals surface area contributed by atoms with Gasteiger partial charge >= 0.3 is 0 Å². The highest BCUT2D eigenvalue weighted by Crippen LogP contribution is 2.28. The van der Waals surface area contributed by atoms with Crippen molar-refractivity contribution < 1.29 is 9.53 Å². The van der Waals surface area contributed by atoms with E-state index in [2.05, 4.69) is 21.2 Å². The van der Waals surface area contributed by atoms with Crippen molar-refractivity contribution in [2.24, 2.45) is 0 Å². The molecule has 0 aliphatic heterocycles. The fourth-order valence-corrected chi connectivity index (χ4v) is 2.60. The number of ether oxygens (including phenoxy) is 1. The molecule has 0 atom stereocenters. The molecular formula is C14H9BrCl3NO2. The molecule has 7 heteroatoms. The molecule has 0 bridgehead atoms. The first-order valence-corrected chi connectivity index (χ1v) is 7.71. The Morgan fingerprint density at radius 1 is 1.10 bits per heavy atom. The minimum absolute atomic E-state index is 0.138. The first-order valence-electron chi connectivity index (χ1n) is 5.78. The van der Waals surface area contributed by atoms with Crippen molar-refractivity contribution in [1.82, 2.24) is 0 Å². The first kappa shape index (κ1) is 16.4. The molecule has 110 valence electrons. The molecule has 2 aromatic carbocycles. The van der Waals surface area contributed by atoms with Crippen LogP contribution in [0.15, 0.2) is 40.9 Å². The molecule has 0 saturated carbocycles. The Balaban J connectivity index is 1.94. The molecule has 0 aliphatic carbocycles. The van der Waals surface area contributed by atoms with Crippen molar-refractivity contribution >= 4 is 62.3 Å². The van der Waals surface area contributed by atoms with Gasteiger partial charge in [-0.2, -0.15) is 0 Å². The molecule has 2 aromatic rings. The zero-order valence-electron chi connectivity index (χ0n) is 10.5. The van der Waals surface area contributed by atoms with Crippen LogP contribution in [0.5, 0.6) is 5.75 Å². The Labute approximate surface area is 145 Å². The van der Waals surface area contributed by atoms with Crippen molar-refractivity contribution in [1.29, 1.82) is 0 Å². The number of halogens is 4. The number of benzene rings is 2. The topological polar surface area (TPSA) is 38.3 Å². The molecule has 0 saturated heterocycles. The summed E-state index contributed by atoms with van der Waals surface area (Å²) in [5, 5.41) is 4.04. The van der Waals surface area contributed by atoms with Gasteiger partial charge in [-0.1, -0.05) is 34.8 Å². The first-order chi connectivity index (χ1) is 9.95. The highest BCUT2D eigenvalue weighted by Gasteiger charge is 2.08. The van der Waals surface area contributed by atoms with E-state index in [1.165, 1.54) is 0 Å². The Morgan fingerprint density at radius 2 is 1.86 bits per heavy atom. The van der Waals surface area contributed by atoms with Crippen LogP contribution in [0.4, 0.5) is 5.69 Å². The van der Waals surface area contributed by atoms with E-state index in [0.717, 1.165) is 0 Å². The molecule has 0 heterocycles. The van der Waals surface area contributed by atoms with Gasteiger partial charge < -0.3 is 10.1 Å². The molecule has 3 nitrogen and oxygen atoms in total. The lowest BCUT2D eigenvalue weighted by molar-refractivity contribution is -0.118. The minimum Gasteiger partial charge on any atom is -0.483 e. The van der Waals surface area contributed by atoms with Crippen molar-refractivity contribution in [3.05, 3.63) is 55.9 Å². The van der Waals surface area contributed by atoms with Gasteiger partial charge in [-0.25, -0.2) is 0 Å². The van der Waals surface area contributed by atoms with Crippen LogP contribution in [-0.2, 0) is 4.79 Å². The van der Waals surface area contributed by atoms with E-state index < -0.39 is 0 Å². The lowest BCUT2D eigenvalue weighted by Gasteiger charge is -2.09. The average molecular weight is 409 g/mol. The zero-order chi connectivity index (χ0) is 15.4. The number of carbonyl (C=O) groups is 1. The second-order valence-corrected chi connectivity index (χ2v) is 6.15. The second kappa shape index (κ2) is 7.36. The normalized spacial score (nSPS) is 10.3. The molecule has 1 N–H and O–H groups in total. The lowest BCUT2D eigenvalue weighted by Crippen LogP contribution is -2.20. The summed E-state index contributed by atoms with van der Waals surface area (Å²) in [7, 11) is 0. The summed E-state index contributed by atoms with van der Waals surface area (Å²) in [6, 6.07) is 9.88. The largest absolute Gasteiger partial charge is 0.483 e. The van der Waals surface area contributed by atoms with Gasteiger partial charge in [0.05, 0.1) is 14.5 Å². The number of amides is 1.